The number of ketones is 1. The van der Waals surface area contributed by atoms with E-state index in [9.17, 15) is 19.8 Å². The molecule has 0 bridgehead atoms. The summed E-state index contributed by atoms with van der Waals surface area (Å²) in [6, 6.07) is 0. The Hall–Kier alpha value is -1.28. The molecular formula is C35H54O7. The van der Waals surface area contributed by atoms with Gasteiger partial charge >= 0.3 is 5.97 Å². The predicted octanol–water partition coefficient (Wildman–Crippen LogP) is 5.60. The van der Waals surface area contributed by atoms with E-state index in [0.717, 1.165) is 57.8 Å². The minimum atomic E-state index is -1.42. The van der Waals surface area contributed by atoms with Crippen molar-refractivity contribution in [2.45, 2.75) is 136 Å². The fraction of sp³-hybridized carbons (Fsp3) is 0.886. The van der Waals surface area contributed by atoms with Crippen LogP contribution in [0.25, 0.3) is 0 Å². The molecule has 1 heterocycles. The summed E-state index contributed by atoms with van der Waals surface area (Å²) in [5.41, 5.74) is 1.71. The number of hydrogen-bond acceptors (Lipinski definition) is 7. The van der Waals surface area contributed by atoms with Crippen molar-refractivity contribution in [3.8, 4) is 0 Å². The second-order valence-electron chi connectivity index (χ2n) is 16.4. The Labute approximate surface area is 252 Å². The highest BCUT2D eigenvalue weighted by Crippen LogP contribution is 2.71. The summed E-state index contributed by atoms with van der Waals surface area (Å²) in [6.07, 6.45) is 7.71. The molecule has 6 rings (SSSR count). The van der Waals surface area contributed by atoms with Crippen LogP contribution in [0.5, 0.6) is 0 Å². The molecule has 0 aromatic heterocycles. The van der Waals surface area contributed by atoms with Crippen molar-refractivity contribution in [3.05, 3.63) is 11.6 Å². The van der Waals surface area contributed by atoms with E-state index < -0.39 is 36.7 Å². The van der Waals surface area contributed by atoms with E-state index >= 15 is 0 Å². The highest BCUT2D eigenvalue weighted by Gasteiger charge is 2.65. The quantitative estimate of drug-likeness (QED) is 0.328. The van der Waals surface area contributed by atoms with Crippen LogP contribution >= 0.6 is 0 Å². The lowest BCUT2D eigenvalue weighted by Gasteiger charge is -2.67. The zero-order valence-electron chi connectivity index (χ0n) is 26.9. The van der Waals surface area contributed by atoms with Crippen molar-refractivity contribution in [1.82, 2.24) is 0 Å². The van der Waals surface area contributed by atoms with Gasteiger partial charge in [-0.2, -0.15) is 0 Å². The fourth-order valence-corrected chi connectivity index (χ4v) is 11.6. The molecule has 13 unspecified atom stereocenters. The first-order chi connectivity index (χ1) is 19.7. The van der Waals surface area contributed by atoms with Gasteiger partial charge in [0.25, 0.3) is 0 Å². The second-order valence-corrected chi connectivity index (χ2v) is 16.4. The van der Waals surface area contributed by atoms with Crippen LogP contribution in [0, 0.1) is 51.2 Å². The van der Waals surface area contributed by atoms with Gasteiger partial charge in [-0.15, -0.1) is 0 Å². The molecule has 1 aliphatic heterocycles. The third-order valence-corrected chi connectivity index (χ3v) is 14.0. The van der Waals surface area contributed by atoms with Crippen LogP contribution in [0.3, 0.4) is 0 Å². The first-order valence-electron chi connectivity index (χ1n) is 16.7. The molecule has 7 nitrogen and oxygen atoms in total. The number of esters is 1. The molecule has 0 amide bonds. The minimum Gasteiger partial charge on any atom is -0.467 e. The maximum Gasteiger partial charge on any atom is 0.340 e. The SMILES string of the molecule is COC(=O)C1OC(C(O)C23CCC4C(=CCC5C4(C)CCC4C(C)C(=O)CCC45C)C2CC(C)(C)CC3)C(C)OC1O. The Balaban J connectivity index is 1.35. The van der Waals surface area contributed by atoms with Gasteiger partial charge in [0.1, 0.15) is 11.9 Å². The molecule has 0 radical (unpaired) electrons. The first-order valence-corrected chi connectivity index (χ1v) is 16.7. The summed E-state index contributed by atoms with van der Waals surface area (Å²) in [4.78, 5) is 25.1. The van der Waals surface area contributed by atoms with E-state index in [2.05, 4.69) is 40.7 Å². The number of allylic oxidation sites excluding steroid dienone is 2. The van der Waals surface area contributed by atoms with E-state index in [4.69, 9.17) is 14.2 Å². The standard InChI is InChI=1S/C35H54O7/c1-19-22-10-13-34(6)23-11-15-35(29(37)27-20(2)41-31(39)28(42-27)30(38)40-7)17-16-32(3,4)18-24(35)21(23)8-9-26(34)33(22,5)14-12-25(19)36/h8,19-20,22-24,26-29,31,37,39H,9-18H2,1-7H3. The second kappa shape index (κ2) is 10.4. The molecule has 7 heteroatoms. The smallest absolute Gasteiger partial charge is 0.340 e. The average Bonchev–Trinajstić information content (AvgIpc) is 2.94. The normalized spacial score (nSPS) is 50.7. The van der Waals surface area contributed by atoms with Crippen molar-refractivity contribution >= 4 is 11.8 Å². The van der Waals surface area contributed by atoms with Crippen LogP contribution in [-0.2, 0) is 23.8 Å². The zero-order chi connectivity index (χ0) is 30.4. The van der Waals surface area contributed by atoms with E-state index in [0.29, 0.717) is 23.5 Å². The molecule has 0 aromatic rings. The van der Waals surface area contributed by atoms with Gasteiger partial charge in [0, 0.05) is 17.8 Å². The monoisotopic (exact) mass is 586 g/mol. The number of ether oxygens (including phenoxy) is 3. The number of Topliss-reactive ketones (excluding diaryl/α,β-unsaturated/α-hetero) is 1. The Kier molecular flexibility index (Phi) is 7.60. The van der Waals surface area contributed by atoms with Crippen LogP contribution in [0.4, 0.5) is 0 Å². The number of hydrogen-bond donors (Lipinski definition) is 2. The van der Waals surface area contributed by atoms with E-state index in [-0.39, 0.29) is 33.5 Å². The van der Waals surface area contributed by atoms with Gasteiger partial charge < -0.3 is 24.4 Å². The van der Waals surface area contributed by atoms with Gasteiger partial charge in [0.2, 0.25) is 6.10 Å². The molecule has 6 aliphatic rings. The molecule has 236 valence electrons. The van der Waals surface area contributed by atoms with Crippen LogP contribution < -0.4 is 0 Å². The highest BCUT2D eigenvalue weighted by atomic mass is 16.7. The van der Waals surface area contributed by atoms with Crippen LogP contribution in [0.1, 0.15) is 106 Å². The number of aliphatic hydroxyl groups excluding tert-OH is 2. The minimum absolute atomic E-state index is 0.164. The Morgan fingerprint density at radius 1 is 1.00 bits per heavy atom. The third-order valence-electron chi connectivity index (χ3n) is 14.0. The summed E-state index contributed by atoms with van der Waals surface area (Å²) in [7, 11) is 1.27. The maximum atomic E-state index is 12.7. The zero-order valence-corrected chi connectivity index (χ0v) is 26.9. The number of rotatable bonds is 3. The first kappa shape index (κ1) is 30.7. The van der Waals surface area contributed by atoms with Gasteiger partial charge in [0.05, 0.1) is 19.3 Å². The van der Waals surface area contributed by atoms with E-state index in [1.807, 2.05) is 6.92 Å². The molecule has 4 saturated carbocycles. The van der Waals surface area contributed by atoms with Crippen LogP contribution in [0.15, 0.2) is 11.6 Å². The number of carbonyl (C=O) groups is 2. The molecule has 0 spiro atoms. The molecule has 0 aromatic carbocycles. The van der Waals surface area contributed by atoms with Crippen molar-refractivity contribution in [1.29, 1.82) is 0 Å². The number of methoxy groups -OCH3 is 1. The molecule has 5 aliphatic carbocycles. The van der Waals surface area contributed by atoms with Gasteiger partial charge in [0.15, 0.2) is 6.29 Å². The lowest BCUT2D eigenvalue weighted by molar-refractivity contribution is -0.305. The van der Waals surface area contributed by atoms with Gasteiger partial charge in [-0.25, -0.2) is 4.79 Å². The highest BCUT2D eigenvalue weighted by molar-refractivity contribution is 5.82. The number of fused-ring (bicyclic) bond motifs is 7. The van der Waals surface area contributed by atoms with E-state index in [1.54, 1.807) is 5.57 Å². The van der Waals surface area contributed by atoms with Crippen molar-refractivity contribution in [3.63, 3.8) is 0 Å². The summed E-state index contributed by atoms with van der Waals surface area (Å²) in [5, 5.41) is 22.7. The molecule has 13 atom stereocenters. The topological polar surface area (TPSA) is 102 Å². The van der Waals surface area contributed by atoms with Gasteiger partial charge in [-0.05, 0) is 105 Å². The molecule has 1 saturated heterocycles. The Morgan fingerprint density at radius 2 is 1.74 bits per heavy atom. The van der Waals surface area contributed by atoms with E-state index in [1.165, 1.54) is 13.5 Å². The van der Waals surface area contributed by atoms with Gasteiger partial charge in [-0.3, -0.25) is 4.79 Å². The van der Waals surface area contributed by atoms with Crippen LogP contribution in [0.2, 0.25) is 0 Å². The summed E-state index contributed by atoms with van der Waals surface area (Å²) >= 11 is 0. The average molecular weight is 587 g/mol. The predicted molar refractivity (Wildman–Crippen MR) is 158 cm³/mol. The Morgan fingerprint density at radius 3 is 2.45 bits per heavy atom. The lowest BCUT2D eigenvalue weighted by atomic mass is 9.38. The summed E-state index contributed by atoms with van der Waals surface area (Å²) in [5.74, 6) is 1.69. The number of carbonyl (C=O) groups excluding carboxylic acids is 2. The molecular weight excluding hydrogens is 532 g/mol. The van der Waals surface area contributed by atoms with Crippen molar-refractivity contribution in [2.75, 3.05) is 7.11 Å². The third kappa shape index (κ3) is 4.41. The maximum absolute atomic E-state index is 12.7. The van der Waals surface area contributed by atoms with Crippen molar-refractivity contribution in [2.24, 2.45) is 51.2 Å². The summed E-state index contributed by atoms with van der Waals surface area (Å²) in [6.45, 7) is 13.8. The summed E-state index contributed by atoms with van der Waals surface area (Å²) < 4.78 is 16.8. The number of aliphatic hydroxyl groups is 2. The Bertz CT molecular complexity index is 1130. The largest absolute Gasteiger partial charge is 0.467 e. The fourth-order valence-electron chi connectivity index (χ4n) is 11.6. The van der Waals surface area contributed by atoms with Gasteiger partial charge in [-0.1, -0.05) is 46.3 Å². The van der Waals surface area contributed by atoms with Crippen LogP contribution in [-0.4, -0.2) is 59.8 Å². The molecule has 2 N–H and O–H groups in total. The molecule has 42 heavy (non-hydrogen) atoms. The lowest BCUT2D eigenvalue weighted by Crippen LogP contribution is -2.64. The van der Waals surface area contributed by atoms with Crippen molar-refractivity contribution < 1.29 is 34.0 Å². The molecule has 5 fully saturated rings.